The van der Waals surface area contributed by atoms with Gasteiger partial charge < -0.3 is 15.1 Å². The molecule has 0 bridgehead atoms. The molecule has 2 amide bonds. The van der Waals surface area contributed by atoms with Crippen LogP contribution in [0.3, 0.4) is 0 Å². The van der Waals surface area contributed by atoms with E-state index in [0.717, 1.165) is 29.2 Å². The highest BCUT2D eigenvalue weighted by molar-refractivity contribution is 7.99. The molecule has 2 aliphatic heterocycles. The molecule has 4 rings (SSSR count). The second-order valence-electron chi connectivity index (χ2n) is 7.59. The summed E-state index contributed by atoms with van der Waals surface area (Å²) >= 11 is 3.67. The summed E-state index contributed by atoms with van der Waals surface area (Å²) in [5.74, 6) is 2.01. The van der Waals surface area contributed by atoms with Crippen molar-refractivity contribution in [1.82, 2.24) is 5.32 Å². The van der Waals surface area contributed by atoms with Gasteiger partial charge in [-0.05, 0) is 48.2 Å². The fraction of sp³-hybridized carbons (Fsp3) is 0.391. The lowest BCUT2D eigenvalue weighted by Gasteiger charge is -2.28. The van der Waals surface area contributed by atoms with Crippen LogP contribution in [0, 0.1) is 5.92 Å². The Balaban J connectivity index is 1.30. The lowest BCUT2D eigenvalue weighted by molar-refractivity contribution is -0.126. The van der Waals surface area contributed by atoms with E-state index < -0.39 is 0 Å². The van der Waals surface area contributed by atoms with Crippen molar-refractivity contribution in [3.05, 3.63) is 54.1 Å². The average molecular weight is 442 g/mol. The number of carbonyl (C=O) groups is 2. The van der Waals surface area contributed by atoms with Crippen molar-refractivity contribution in [1.29, 1.82) is 0 Å². The van der Waals surface area contributed by atoms with Crippen molar-refractivity contribution < 1.29 is 9.59 Å². The first-order valence-corrected chi connectivity index (χ1v) is 12.7. The molecule has 0 aliphatic carbocycles. The largest absolute Gasteiger partial charge is 0.370 e. The van der Waals surface area contributed by atoms with E-state index >= 15 is 0 Å². The molecule has 0 saturated carbocycles. The predicted octanol–water partition coefficient (Wildman–Crippen LogP) is 3.63. The number of carbonyl (C=O) groups excluding carboxylic acids is 2. The zero-order valence-corrected chi connectivity index (χ0v) is 18.8. The summed E-state index contributed by atoms with van der Waals surface area (Å²) in [6.07, 6.45) is 2.29. The van der Waals surface area contributed by atoms with E-state index in [1.165, 1.54) is 17.2 Å². The number of nitrogens with zero attached hydrogens (tertiary/aromatic N) is 2. The summed E-state index contributed by atoms with van der Waals surface area (Å²) in [6.45, 7) is 3.11. The van der Waals surface area contributed by atoms with E-state index in [1.807, 2.05) is 42.3 Å². The molecule has 30 heavy (non-hydrogen) atoms. The van der Waals surface area contributed by atoms with Crippen LogP contribution in [-0.2, 0) is 16.1 Å². The van der Waals surface area contributed by atoms with Gasteiger partial charge in [-0.1, -0.05) is 12.1 Å². The van der Waals surface area contributed by atoms with Crippen molar-refractivity contribution in [3.8, 4) is 0 Å². The quantitative estimate of drug-likeness (QED) is 0.694. The van der Waals surface area contributed by atoms with Crippen LogP contribution in [0.1, 0.15) is 12.0 Å². The Hall–Kier alpha value is -2.12. The summed E-state index contributed by atoms with van der Waals surface area (Å²) in [5.41, 5.74) is 3.18. The Morgan fingerprint density at radius 2 is 1.73 bits per heavy atom. The number of rotatable bonds is 6. The van der Waals surface area contributed by atoms with Crippen LogP contribution >= 0.6 is 23.5 Å². The first kappa shape index (κ1) is 21.1. The number of thioether (sulfide) groups is 2. The number of benzene rings is 2. The van der Waals surface area contributed by atoms with Crippen LogP contribution in [-0.4, -0.2) is 49.2 Å². The molecular weight excluding hydrogens is 414 g/mol. The maximum absolute atomic E-state index is 12.7. The van der Waals surface area contributed by atoms with Gasteiger partial charge >= 0.3 is 0 Å². The van der Waals surface area contributed by atoms with Gasteiger partial charge in [0.2, 0.25) is 11.8 Å². The molecule has 1 unspecified atom stereocenters. The number of hydrogen-bond donors (Lipinski definition) is 1. The second-order valence-corrected chi connectivity index (χ2v) is 9.69. The highest BCUT2D eigenvalue weighted by Crippen LogP contribution is 2.27. The summed E-state index contributed by atoms with van der Waals surface area (Å²) in [4.78, 5) is 30.4. The molecule has 5 nitrogen and oxygen atoms in total. The molecule has 7 heteroatoms. The molecule has 2 saturated heterocycles. The summed E-state index contributed by atoms with van der Waals surface area (Å²) in [7, 11) is 0. The molecule has 2 aromatic rings. The SMILES string of the molecule is CSc1ccc(N2CC(C(=O)NCc3ccc(N4CCSCC4)cc3)CC2=O)cc1. The molecule has 1 atom stereocenters. The molecule has 2 aliphatic rings. The molecule has 0 radical (unpaired) electrons. The lowest BCUT2D eigenvalue weighted by Crippen LogP contribution is -2.33. The smallest absolute Gasteiger partial charge is 0.227 e. The van der Waals surface area contributed by atoms with Gasteiger partial charge in [-0.25, -0.2) is 0 Å². The van der Waals surface area contributed by atoms with Gasteiger partial charge in [0.1, 0.15) is 0 Å². The van der Waals surface area contributed by atoms with Crippen molar-refractivity contribution in [2.75, 3.05) is 47.2 Å². The Labute approximate surface area is 186 Å². The van der Waals surface area contributed by atoms with E-state index in [0.29, 0.717) is 13.1 Å². The molecule has 1 N–H and O–H groups in total. The Bertz CT molecular complexity index is 880. The van der Waals surface area contributed by atoms with Gasteiger partial charge in [0.25, 0.3) is 0 Å². The van der Waals surface area contributed by atoms with Crippen LogP contribution in [0.15, 0.2) is 53.4 Å². The molecule has 158 valence electrons. The van der Waals surface area contributed by atoms with Crippen LogP contribution in [0.5, 0.6) is 0 Å². The summed E-state index contributed by atoms with van der Waals surface area (Å²) in [5, 5.41) is 3.01. The average Bonchev–Trinajstić information content (AvgIpc) is 3.20. The van der Waals surface area contributed by atoms with Crippen molar-refractivity contribution in [3.63, 3.8) is 0 Å². The molecule has 2 heterocycles. The van der Waals surface area contributed by atoms with Gasteiger partial charge in [0.15, 0.2) is 0 Å². The number of nitrogens with one attached hydrogen (secondary N) is 1. The van der Waals surface area contributed by atoms with Gasteiger partial charge in [0.05, 0.1) is 5.92 Å². The van der Waals surface area contributed by atoms with E-state index in [9.17, 15) is 9.59 Å². The van der Waals surface area contributed by atoms with E-state index in [-0.39, 0.29) is 24.2 Å². The van der Waals surface area contributed by atoms with Crippen LogP contribution in [0.2, 0.25) is 0 Å². The number of anilines is 2. The second kappa shape index (κ2) is 9.79. The van der Waals surface area contributed by atoms with E-state index in [1.54, 1.807) is 16.7 Å². The van der Waals surface area contributed by atoms with Gasteiger partial charge in [-0.15, -0.1) is 11.8 Å². The van der Waals surface area contributed by atoms with Crippen LogP contribution in [0.4, 0.5) is 11.4 Å². The number of hydrogen-bond acceptors (Lipinski definition) is 5. The number of amides is 2. The molecule has 2 fully saturated rings. The molecule has 0 aromatic heterocycles. The lowest BCUT2D eigenvalue weighted by atomic mass is 10.1. The molecule has 0 spiro atoms. The first-order chi connectivity index (χ1) is 14.6. The minimum atomic E-state index is -0.303. The van der Waals surface area contributed by atoms with Gasteiger partial charge in [-0.2, -0.15) is 11.8 Å². The van der Waals surface area contributed by atoms with Crippen molar-refractivity contribution in [2.24, 2.45) is 5.92 Å². The van der Waals surface area contributed by atoms with Crippen LogP contribution < -0.4 is 15.1 Å². The third-order valence-corrected chi connectivity index (χ3v) is 7.35. The van der Waals surface area contributed by atoms with Gasteiger partial charge in [0, 0.05) is 60.4 Å². The first-order valence-electron chi connectivity index (χ1n) is 10.3. The maximum Gasteiger partial charge on any atom is 0.227 e. The zero-order valence-electron chi connectivity index (χ0n) is 17.2. The Morgan fingerprint density at radius 1 is 1.07 bits per heavy atom. The monoisotopic (exact) mass is 441 g/mol. The van der Waals surface area contributed by atoms with Gasteiger partial charge in [-0.3, -0.25) is 9.59 Å². The highest BCUT2D eigenvalue weighted by Gasteiger charge is 2.34. The Kier molecular flexibility index (Phi) is 6.89. The van der Waals surface area contributed by atoms with E-state index in [2.05, 4.69) is 34.5 Å². The third kappa shape index (κ3) is 4.95. The molecule has 2 aromatic carbocycles. The zero-order chi connectivity index (χ0) is 20.9. The summed E-state index contributed by atoms with van der Waals surface area (Å²) in [6, 6.07) is 16.3. The summed E-state index contributed by atoms with van der Waals surface area (Å²) < 4.78 is 0. The van der Waals surface area contributed by atoms with Crippen molar-refractivity contribution >= 4 is 46.7 Å². The van der Waals surface area contributed by atoms with Crippen molar-refractivity contribution in [2.45, 2.75) is 17.9 Å². The topological polar surface area (TPSA) is 52.7 Å². The predicted molar refractivity (Wildman–Crippen MR) is 127 cm³/mol. The fourth-order valence-electron chi connectivity index (χ4n) is 3.87. The minimum Gasteiger partial charge on any atom is -0.370 e. The maximum atomic E-state index is 12.7. The van der Waals surface area contributed by atoms with E-state index in [4.69, 9.17) is 0 Å². The highest BCUT2D eigenvalue weighted by atomic mass is 32.2. The minimum absolute atomic E-state index is 0.0103. The fourth-order valence-corrected chi connectivity index (χ4v) is 5.19. The molecular formula is C23H27N3O2S2. The van der Waals surface area contributed by atoms with Crippen LogP contribution in [0.25, 0.3) is 0 Å². The normalized spacial score (nSPS) is 19.2. The standard InChI is InChI=1S/C23H27N3O2S2/c1-29-21-8-6-20(7-9-21)26-16-18(14-22(26)27)23(28)24-15-17-2-4-19(5-3-17)25-10-12-30-13-11-25/h2-9,18H,10-16H2,1H3,(H,24,28). The third-order valence-electron chi connectivity index (χ3n) is 5.66. The Morgan fingerprint density at radius 3 is 2.40 bits per heavy atom.